The third-order valence-electron chi connectivity index (χ3n) is 6.37. The molecule has 9 heteroatoms. The van der Waals surface area contributed by atoms with Crippen LogP contribution in [-0.2, 0) is 6.61 Å². The van der Waals surface area contributed by atoms with Crippen LogP contribution in [0.25, 0.3) is 33.5 Å². The number of aromatic nitrogens is 2. The number of furan rings is 1. The largest absolute Gasteiger partial charge is 0.490 e. The molecule has 6 rings (SSSR count). The molecule has 0 amide bonds. The van der Waals surface area contributed by atoms with Crippen molar-refractivity contribution in [1.29, 1.82) is 0 Å². The lowest BCUT2D eigenvalue weighted by Crippen LogP contribution is -2.20. The number of rotatable bonds is 8. The van der Waals surface area contributed by atoms with Crippen LogP contribution in [0.4, 0.5) is 0 Å². The molecule has 0 aliphatic carbocycles. The van der Waals surface area contributed by atoms with Gasteiger partial charge in [0.25, 0.3) is 5.56 Å². The van der Waals surface area contributed by atoms with E-state index in [1.165, 1.54) is 4.68 Å². The Hall–Kier alpha value is -4.59. The van der Waals surface area contributed by atoms with Gasteiger partial charge in [-0.2, -0.15) is 9.78 Å². The Bertz CT molecular complexity index is 1950. The fourth-order valence-corrected chi connectivity index (χ4v) is 4.71. The number of benzene rings is 4. The summed E-state index contributed by atoms with van der Waals surface area (Å²) in [6.45, 7) is 2.61. The van der Waals surface area contributed by atoms with E-state index in [-0.39, 0.29) is 12.2 Å². The third kappa shape index (κ3) is 5.55. The normalized spacial score (nSPS) is 11.5. The number of halogens is 2. The summed E-state index contributed by atoms with van der Waals surface area (Å²) in [6.07, 6.45) is 1.58. The van der Waals surface area contributed by atoms with Crippen molar-refractivity contribution in [3.8, 4) is 23.1 Å². The van der Waals surface area contributed by atoms with Crippen molar-refractivity contribution >= 4 is 51.3 Å². The molecule has 0 spiro atoms. The molecule has 2 heterocycles. The van der Waals surface area contributed by atoms with E-state index in [4.69, 9.17) is 42.1 Å². The standard InChI is InChI=1S/C32H23Cl2N3O4/c1-2-39-29-16-20(12-14-28(29)40-19-21-11-13-24(33)25(34)15-21)18-35-37-31(30-17-22-7-3-6-10-27(22)41-30)36-26-9-5-4-8-23(26)32(37)38/h3-18H,2,19H2,1H3. The molecule has 6 aromatic rings. The van der Waals surface area contributed by atoms with Crippen LogP contribution in [-0.4, -0.2) is 22.5 Å². The Morgan fingerprint density at radius 3 is 2.56 bits per heavy atom. The lowest BCUT2D eigenvalue weighted by molar-refractivity contribution is 0.269. The topological polar surface area (TPSA) is 78.9 Å². The molecule has 0 atom stereocenters. The highest BCUT2D eigenvalue weighted by Crippen LogP contribution is 2.31. The van der Waals surface area contributed by atoms with Crippen molar-refractivity contribution in [2.75, 3.05) is 6.61 Å². The minimum atomic E-state index is -0.311. The van der Waals surface area contributed by atoms with Crippen LogP contribution in [0.1, 0.15) is 18.1 Å². The molecular weight excluding hydrogens is 561 g/mol. The van der Waals surface area contributed by atoms with E-state index in [1.807, 2.05) is 55.5 Å². The van der Waals surface area contributed by atoms with E-state index in [9.17, 15) is 4.79 Å². The first-order valence-electron chi connectivity index (χ1n) is 12.9. The smallest absolute Gasteiger partial charge is 0.282 e. The van der Waals surface area contributed by atoms with Gasteiger partial charge in [0.2, 0.25) is 5.82 Å². The van der Waals surface area contributed by atoms with Gasteiger partial charge in [-0.15, -0.1) is 0 Å². The van der Waals surface area contributed by atoms with Gasteiger partial charge < -0.3 is 13.9 Å². The summed E-state index contributed by atoms with van der Waals surface area (Å²) in [7, 11) is 0. The quantitative estimate of drug-likeness (QED) is 0.170. The van der Waals surface area contributed by atoms with E-state index in [1.54, 1.807) is 48.7 Å². The summed E-state index contributed by atoms with van der Waals surface area (Å²) < 4.78 is 19.2. The van der Waals surface area contributed by atoms with Gasteiger partial charge in [-0.1, -0.05) is 59.6 Å². The second-order valence-corrected chi connectivity index (χ2v) is 9.95. The predicted octanol–water partition coefficient (Wildman–Crippen LogP) is 7.98. The Morgan fingerprint density at radius 2 is 1.73 bits per heavy atom. The second kappa shape index (κ2) is 11.5. The number of hydrogen-bond donors (Lipinski definition) is 0. The zero-order chi connectivity index (χ0) is 28.3. The molecule has 0 unspecified atom stereocenters. The van der Waals surface area contributed by atoms with E-state index >= 15 is 0 Å². The number of fused-ring (bicyclic) bond motifs is 2. The van der Waals surface area contributed by atoms with Gasteiger partial charge >= 0.3 is 0 Å². The number of ether oxygens (including phenoxy) is 2. The molecule has 0 fully saturated rings. The van der Waals surface area contributed by atoms with E-state index in [0.717, 1.165) is 10.9 Å². The fraction of sp³-hybridized carbons (Fsp3) is 0.0938. The molecule has 0 bridgehead atoms. The van der Waals surface area contributed by atoms with Crippen LogP contribution < -0.4 is 15.0 Å². The third-order valence-corrected chi connectivity index (χ3v) is 7.11. The minimum absolute atomic E-state index is 0.281. The molecule has 0 saturated carbocycles. The molecule has 0 radical (unpaired) electrons. The first kappa shape index (κ1) is 26.6. The van der Waals surface area contributed by atoms with Crippen molar-refractivity contribution in [2.45, 2.75) is 13.5 Å². The Labute approximate surface area is 245 Å². The van der Waals surface area contributed by atoms with Crippen molar-refractivity contribution in [1.82, 2.24) is 9.66 Å². The van der Waals surface area contributed by atoms with Gasteiger partial charge in [-0.3, -0.25) is 4.79 Å². The molecule has 0 aliphatic heterocycles. The van der Waals surface area contributed by atoms with Crippen LogP contribution >= 0.6 is 23.2 Å². The van der Waals surface area contributed by atoms with Crippen LogP contribution in [0.15, 0.2) is 105 Å². The van der Waals surface area contributed by atoms with Gasteiger partial charge in [0, 0.05) is 5.39 Å². The summed E-state index contributed by atoms with van der Waals surface area (Å²) in [5.41, 5.74) is 2.51. The molecular formula is C32H23Cl2N3O4. The van der Waals surface area contributed by atoms with Crippen molar-refractivity contribution in [3.63, 3.8) is 0 Å². The molecule has 0 aliphatic rings. The molecule has 204 valence electrons. The maximum Gasteiger partial charge on any atom is 0.282 e. The first-order chi connectivity index (χ1) is 20.0. The molecule has 0 N–H and O–H groups in total. The Morgan fingerprint density at radius 1 is 0.902 bits per heavy atom. The average molecular weight is 584 g/mol. The number of nitrogens with zero attached hydrogens (tertiary/aromatic N) is 3. The summed E-state index contributed by atoms with van der Waals surface area (Å²) in [6, 6.07) is 27.4. The maximum atomic E-state index is 13.6. The molecule has 0 saturated heterocycles. The summed E-state index contributed by atoms with van der Waals surface area (Å²) in [4.78, 5) is 18.3. The average Bonchev–Trinajstić information content (AvgIpc) is 3.42. The Balaban J connectivity index is 1.36. The predicted molar refractivity (Wildman–Crippen MR) is 163 cm³/mol. The fourth-order valence-electron chi connectivity index (χ4n) is 4.39. The van der Waals surface area contributed by atoms with Gasteiger partial charge in [0.15, 0.2) is 17.3 Å². The van der Waals surface area contributed by atoms with Crippen molar-refractivity contribution in [2.24, 2.45) is 5.10 Å². The lowest BCUT2D eigenvalue weighted by Gasteiger charge is -2.13. The second-order valence-electron chi connectivity index (χ2n) is 9.14. The number of para-hydroxylation sites is 2. The van der Waals surface area contributed by atoms with Gasteiger partial charge in [-0.25, -0.2) is 4.98 Å². The summed E-state index contributed by atoms with van der Waals surface area (Å²) >= 11 is 12.2. The van der Waals surface area contributed by atoms with Crippen LogP contribution in [0.2, 0.25) is 10.0 Å². The highest BCUT2D eigenvalue weighted by atomic mass is 35.5. The van der Waals surface area contributed by atoms with Crippen LogP contribution in [0.5, 0.6) is 11.5 Å². The highest BCUT2D eigenvalue weighted by molar-refractivity contribution is 6.42. The zero-order valence-corrected chi connectivity index (χ0v) is 23.4. The molecule has 7 nitrogen and oxygen atoms in total. The minimum Gasteiger partial charge on any atom is -0.490 e. The molecule has 41 heavy (non-hydrogen) atoms. The van der Waals surface area contributed by atoms with Crippen LogP contribution in [0, 0.1) is 0 Å². The molecule has 4 aromatic carbocycles. The van der Waals surface area contributed by atoms with Gasteiger partial charge in [0.1, 0.15) is 12.2 Å². The summed E-state index contributed by atoms with van der Waals surface area (Å²) in [5, 5.41) is 6.85. The lowest BCUT2D eigenvalue weighted by atomic mass is 10.2. The van der Waals surface area contributed by atoms with Crippen LogP contribution in [0.3, 0.4) is 0 Å². The van der Waals surface area contributed by atoms with E-state index in [0.29, 0.717) is 61.8 Å². The summed E-state index contributed by atoms with van der Waals surface area (Å²) in [5.74, 6) is 1.83. The van der Waals surface area contributed by atoms with Crippen molar-refractivity contribution < 1.29 is 13.9 Å². The monoisotopic (exact) mass is 583 g/mol. The van der Waals surface area contributed by atoms with Gasteiger partial charge in [-0.05, 0) is 72.6 Å². The zero-order valence-electron chi connectivity index (χ0n) is 21.9. The SMILES string of the molecule is CCOc1cc(C=Nn2c(-c3cc4ccccc4o3)nc3ccccc3c2=O)ccc1OCc1ccc(Cl)c(Cl)c1. The van der Waals surface area contributed by atoms with Gasteiger partial charge in [0.05, 0.1) is 33.8 Å². The van der Waals surface area contributed by atoms with E-state index in [2.05, 4.69) is 5.10 Å². The molecule has 2 aromatic heterocycles. The van der Waals surface area contributed by atoms with Crippen molar-refractivity contribution in [3.05, 3.63) is 123 Å². The van der Waals surface area contributed by atoms with E-state index < -0.39 is 0 Å². The maximum absolute atomic E-state index is 13.6. The Kier molecular flexibility index (Phi) is 7.46. The first-order valence-corrected chi connectivity index (χ1v) is 13.6. The number of hydrogen-bond acceptors (Lipinski definition) is 6. The highest BCUT2D eigenvalue weighted by Gasteiger charge is 2.16.